The molecule has 4 rings (SSSR count). The molecule has 0 saturated carbocycles. The lowest BCUT2D eigenvalue weighted by atomic mass is 9.94. The van der Waals surface area contributed by atoms with Crippen LogP contribution in [0.25, 0.3) is 10.9 Å². The van der Waals surface area contributed by atoms with E-state index in [2.05, 4.69) is 26.5 Å². The van der Waals surface area contributed by atoms with Crippen molar-refractivity contribution in [2.45, 2.75) is 49.5 Å². The van der Waals surface area contributed by atoms with E-state index in [-0.39, 0.29) is 30.5 Å². The molecule has 1 fully saturated rings. The van der Waals surface area contributed by atoms with Crippen molar-refractivity contribution in [2.75, 3.05) is 13.2 Å². The minimum Gasteiger partial charge on any atom is -0.370 e. The number of amides is 1. The van der Waals surface area contributed by atoms with Crippen LogP contribution in [0.4, 0.5) is 8.78 Å². The molecular formula is C24H25F2N5O4S. The molecule has 0 radical (unpaired) electrons. The van der Waals surface area contributed by atoms with Crippen LogP contribution in [0.5, 0.6) is 0 Å². The Kier molecular flexibility index (Phi) is 7.63. The maximum Gasteiger partial charge on any atom is 0.280 e. The summed E-state index contributed by atoms with van der Waals surface area (Å²) in [5, 5.41) is 4.83. The van der Waals surface area contributed by atoms with E-state index in [0.717, 1.165) is 24.6 Å². The lowest BCUT2D eigenvalue weighted by molar-refractivity contribution is -0.120. The summed E-state index contributed by atoms with van der Waals surface area (Å²) in [6.45, 7) is 2.57. The number of nitrogens with zero attached hydrogens (tertiary/aromatic N) is 3. The van der Waals surface area contributed by atoms with Crippen LogP contribution in [0.15, 0.2) is 41.9 Å². The number of carbonyl (C=O) groups is 1. The van der Waals surface area contributed by atoms with Gasteiger partial charge >= 0.3 is 0 Å². The number of hydrogen-bond donors (Lipinski definition) is 2. The molecule has 2 aromatic heterocycles. The molecule has 3 aromatic rings. The first kappa shape index (κ1) is 25.7. The van der Waals surface area contributed by atoms with Gasteiger partial charge in [0.1, 0.15) is 17.7 Å². The SMILES string of the molecule is CCCNC(=O)CC#CS(=O)(=O)c1ncc2cn([C@H]3COC(c4cc(F)ccc4F)[C@@H](N)C3)cc2n1. The van der Waals surface area contributed by atoms with Gasteiger partial charge in [0.05, 0.1) is 24.6 Å². The molecule has 0 bridgehead atoms. The fraction of sp³-hybridized carbons (Fsp3) is 0.375. The van der Waals surface area contributed by atoms with Gasteiger partial charge in [-0.2, -0.15) is 0 Å². The first-order chi connectivity index (χ1) is 17.2. The normalized spacial score (nSPS) is 20.1. The second kappa shape index (κ2) is 10.7. The predicted molar refractivity (Wildman–Crippen MR) is 127 cm³/mol. The molecule has 1 amide bonds. The van der Waals surface area contributed by atoms with Crippen molar-refractivity contribution < 1.29 is 26.7 Å². The van der Waals surface area contributed by atoms with Gasteiger partial charge in [0, 0.05) is 47.4 Å². The van der Waals surface area contributed by atoms with Crippen LogP contribution in [0, 0.1) is 22.8 Å². The molecule has 3 atom stereocenters. The number of benzene rings is 1. The van der Waals surface area contributed by atoms with E-state index in [1.165, 1.54) is 6.20 Å². The summed E-state index contributed by atoms with van der Waals surface area (Å²) in [6.07, 6.45) is 4.88. The van der Waals surface area contributed by atoms with Crippen molar-refractivity contribution in [2.24, 2.45) is 5.73 Å². The fourth-order valence-corrected chi connectivity index (χ4v) is 4.72. The Morgan fingerprint density at radius 2 is 2.14 bits per heavy atom. The highest BCUT2D eigenvalue weighted by Gasteiger charge is 2.33. The Balaban J connectivity index is 1.48. The van der Waals surface area contributed by atoms with E-state index < -0.39 is 38.8 Å². The maximum atomic E-state index is 14.2. The number of sulfone groups is 1. The number of hydrogen-bond acceptors (Lipinski definition) is 7. The molecule has 0 aliphatic carbocycles. The van der Waals surface area contributed by atoms with Gasteiger partial charge in [-0.25, -0.2) is 27.2 Å². The van der Waals surface area contributed by atoms with Crippen LogP contribution < -0.4 is 11.1 Å². The highest BCUT2D eigenvalue weighted by Crippen LogP contribution is 2.34. The Morgan fingerprint density at radius 1 is 1.33 bits per heavy atom. The van der Waals surface area contributed by atoms with Crippen molar-refractivity contribution in [1.82, 2.24) is 19.9 Å². The van der Waals surface area contributed by atoms with Crippen molar-refractivity contribution in [3.8, 4) is 11.2 Å². The first-order valence-corrected chi connectivity index (χ1v) is 12.8. The quantitative estimate of drug-likeness (QED) is 0.292. The minimum atomic E-state index is -4.12. The minimum absolute atomic E-state index is 0.0725. The third-order valence-electron chi connectivity index (χ3n) is 5.74. The predicted octanol–water partition coefficient (Wildman–Crippen LogP) is 2.39. The summed E-state index contributed by atoms with van der Waals surface area (Å²) >= 11 is 0. The third-order valence-corrected chi connectivity index (χ3v) is 6.83. The topological polar surface area (TPSA) is 129 Å². The number of carbonyl (C=O) groups excluding carboxylic acids is 1. The second-order valence-corrected chi connectivity index (χ2v) is 10.1. The molecule has 1 aliphatic rings. The van der Waals surface area contributed by atoms with E-state index in [4.69, 9.17) is 10.5 Å². The molecule has 1 aliphatic heterocycles. The molecule has 3 N–H and O–H groups in total. The van der Waals surface area contributed by atoms with Crippen molar-refractivity contribution in [3.63, 3.8) is 0 Å². The van der Waals surface area contributed by atoms with E-state index in [1.807, 2.05) is 6.92 Å². The molecule has 1 saturated heterocycles. The average Bonchev–Trinajstić information content (AvgIpc) is 3.28. The molecule has 12 heteroatoms. The van der Waals surface area contributed by atoms with Crippen LogP contribution in [0.3, 0.4) is 0 Å². The zero-order valence-electron chi connectivity index (χ0n) is 19.4. The largest absolute Gasteiger partial charge is 0.370 e. The van der Waals surface area contributed by atoms with Gasteiger partial charge in [-0.1, -0.05) is 12.8 Å². The smallest absolute Gasteiger partial charge is 0.280 e. The molecular weight excluding hydrogens is 492 g/mol. The number of nitrogens with two attached hydrogens (primary N) is 1. The molecule has 0 spiro atoms. The van der Waals surface area contributed by atoms with Crippen LogP contribution in [0.2, 0.25) is 0 Å². The zero-order valence-corrected chi connectivity index (χ0v) is 20.3. The lowest BCUT2D eigenvalue weighted by Crippen LogP contribution is -2.39. The molecule has 1 aromatic carbocycles. The number of nitrogens with one attached hydrogen (secondary N) is 1. The highest BCUT2D eigenvalue weighted by atomic mass is 32.2. The van der Waals surface area contributed by atoms with E-state index in [9.17, 15) is 22.0 Å². The summed E-state index contributed by atoms with van der Waals surface area (Å²) < 4.78 is 60.4. The Hall–Kier alpha value is -3.40. The summed E-state index contributed by atoms with van der Waals surface area (Å²) in [5.41, 5.74) is 6.69. The van der Waals surface area contributed by atoms with Crippen LogP contribution in [0.1, 0.15) is 43.9 Å². The van der Waals surface area contributed by atoms with Gasteiger partial charge in [-0.05, 0) is 31.0 Å². The van der Waals surface area contributed by atoms with E-state index in [1.54, 1.807) is 17.0 Å². The Morgan fingerprint density at radius 3 is 2.89 bits per heavy atom. The monoisotopic (exact) mass is 517 g/mol. The summed E-state index contributed by atoms with van der Waals surface area (Å²) in [6, 6.07) is 2.33. The van der Waals surface area contributed by atoms with Gasteiger partial charge in [0.25, 0.3) is 15.0 Å². The number of rotatable bonds is 6. The van der Waals surface area contributed by atoms with E-state index >= 15 is 0 Å². The number of ether oxygens (including phenoxy) is 1. The van der Waals surface area contributed by atoms with Crippen LogP contribution >= 0.6 is 0 Å². The first-order valence-electron chi connectivity index (χ1n) is 11.4. The summed E-state index contributed by atoms with van der Waals surface area (Å²) in [4.78, 5) is 19.7. The van der Waals surface area contributed by atoms with Crippen molar-refractivity contribution in [1.29, 1.82) is 0 Å². The number of halogens is 2. The van der Waals surface area contributed by atoms with Gasteiger partial charge in [0.2, 0.25) is 5.91 Å². The standard InChI is InChI=1S/C24H25F2N5O4S/c1-2-7-28-22(32)4-3-8-36(33,34)24-29-11-15-12-31(13-21(15)30-24)17-10-20(27)23(35-14-17)18-9-16(25)5-6-19(18)26/h5-6,9,11-13,17,20,23H,2,4,7,10,14,27H2,1H3,(H,28,32)/t17-,20+,23?/m1/s1. The van der Waals surface area contributed by atoms with Gasteiger partial charge in [0.15, 0.2) is 0 Å². The van der Waals surface area contributed by atoms with Crippen molar-refractivity contribution >= 4 is 26.6 Å². The van der Waals surface area contributed by atoms with Crippen LogP contribution in [-0.2, 0) is 19.4 Å². The third kappa shape index (κ3) is 5.70. The molecule has 190 valence electrons. The molecule has 9 nitrogen and oxygen atoms in total. The average molecular weight is 518 g/mol. The van der Waals surface area contributed by atoms with Gasteiger partial charge < -0.3 is 20.4 Å². The van der Waals surface area contributed by atoms with Crippen LogP contribution in [-0.4, -0.2) is 48.1 Å². The maximum absolute atomic E-state index is 14.2. The summed E-state index contributed by atoms with van der Waals surface area (Å²) in [5.74, 6) is 0.832. The molecule has 3 heterocycles. The Labute approximate surface area is 207 Å². The van der Waals surface area contributed by atoms with Crippen molar-refractivity contribution in [3.05, 3.63) is 54.0 Å². The Bertz CT molecular complexity index is 1450. The zero-order chi connectivity index (χ0) is 25.9. The van der Waals surface area contributed by atoms with Gasteiger partial charge in [-0.15, -0.1) is 0 Å². The lowest BCUT2D eigenvalue weighted by Gasteiger charge is -2.35. The summed E-state index contributed by atoms with van der Waals surface area (Å²) in [7, 11) is -4.12. The van der Waals surface area contributed by atoms with E-state index in [0.29, 0.717) is 23.9 Å². The second-order valence-electron chi connectivity index (χ2n) is 8.48. The highest BCUT2D eigenvalue weighted by molar-refractivity contribution is 7.95. The van der Waals surface area contributed by atoms with Gasteiger partial charge in [-0.3, -0.25) is 4.79 Å². The fourth-order valence-electron chi connectivity index (χ4n) is 3.96. The molecule has 36 heavy (non-hydrogen) atoms. The number of aromatic nitrogens is 3. The molecule has 1 unspecified atom stereocenters. The number of fused-ring (bicyclic) bond motifs is 1.